The SMILES string of the molecule is CC(C)[C@@]12O[C@@]1(C(=O)Nc1ccccc1)[C@@]1(c3ccccc3)O[C@]1(c1ccc(F)cc1)N2CC[C@@H](O)C[C@@H](O)CC(=O)O. The molecule has 3 aromatic rings. The number of carboxylic acid groups (broad SMARTS) is 1. The van der Waals surface area contributed by atoms with Gasteiger partial charge in [-0.15, -0.1) is 0 Å². The maximum absolute atomic E-state index is 14.5. The number of nitrogens with one attached hydrogen (secondary N) is 1. The van der Waals surface area contributed by atoms with E-state index in [-0.39, 0.29) is 31.2 Å². The fraction of sp³-hybridized carbons (Fsp3) is 0.394. The van der Waals surface area contributed by atoms with Crippen LogP contribution >= 0.6 is 0 Å². The monoisotopic (exact) mass is 590 g/mol. The Balaban J connectivity index is 1.47. The number of aliphatic hydroxyl groups is 2. The van der Waals surface area contributed by atoms with E-state index in [0.717, 1.165) is 0 Å². The number of carboxylic acids is 1. The number of hydrogen-bond donors (Lipinski definition) is 4. The molecule has 0 unspecified atom stereocenters. The molecule has 3 aromatic carbocycles. The van der Waals surface area contributed by atoms with E-state index in [1.165, 1.54) is 12.1 Å². The number of ether oxygens (including phenoxy) is 2. The molecule has 1 amide bonds. The van der Waals surface area contributed by atoms with Crippen molar-refractivity contribution in [3.63, 3.8) is 0 Å². The van der Waals surface area contributed by atoms with E-state index in [9.17, 15) is 24.2 Å². The van der Waals surface area contributed by atoms with Crippen molar-refractivity contribution in [1.82, 2.24) is 4.90 Å². The lowest BCUT2D eigenvalue weighted by Crippen LogP contribution is -2.52. The van der Waals surface area contributed by atoms with Gasteiger partial charge in [0.2, 0.25) is 5.60 Å². The first-order valence-corrected chi connectivity index (χ1v) is 14.5. The third-order valence-corrected chi connectivity index (χ3v) is 8.97. The molecule has 3 aliphatic rings. The van der Waals surface area contributed by atoms with Gasteiger partial charge in [-0.2, -0.15) is 0 Å². The van der Waals surface area contributed by atoms with Gasteiger partial charge in [0.05, 0.1) is 18.6 Å². The standard InChI is InChI=1S/C33H35FN2O7/c1-21(2)32-31(43-32,29(41)35-25-11-7-4-8-12-25)30(22-9-5-3-6-10-22)33(42-30,23-13-15-24(34)16-14-23)36(32)18-17-26(37)19-27(38)20-28(39)40/h3-16,21,26-27,37-38H,17-20H2,1-2H3,(H,35,41)(H,39,40)/t26-,27-,30-,31+,32-,33+/m1/s1. The lowest BCUT2D eigenvalue weighted by molar-refractivity contribution is -0.139. The maximum atomic E-state index is 14.5. The molecule has 4 N–H and O–H groups in total. The molecule has 3 saturated heterocycles. The number of halogens is 1. The summed E-state index contributed by atoms with van der Waals surface area (Å²) in [4.78, 5) is 27.5. The van der Waals surface area contributed by atoms with Crippen molar-refractivity contribution in [1.29, 1.82) is 0 Å². The van der Waals surface area contributed by atoms with Crippen LogP contribution in [0.5, 0.6) is 0 Å². The minimum atomic E-state index is -1.52. The highest BCUT2D eigenvalue weighted by molar-refractivity contribution is 6.03. The summed E-state index contributed by atoms with van der Waals surface area (Å²) in [6.07, 6.45) is -2.75. The Labute approximate surface area is 248 Å². The number of aliphatic carboxylic acids is 1. The topological polar surface area (TPSA) is 135 Å². The van der Waals surface area contributed by atoms with Gasteiger partial charge < -0.3 is 30.1 Å². The molecule has 43 heavy (non-hydrogen) atoms. The molecule has 0 saturated carbocycles. The Morgan fingerprint density at radius 3 is 2.12 bits per heavy atom. The summed E-state index contributed by atoms with van der Waals surface area (Å²) in [5, 5.41) is 33.1. The minimum absolute atomic E-state index is 0.127. The van der Waals surface area contributed by atoms with Crippen molar-refractivity contribution in [2.75, 3.05) is 11.9 Å². The highest BCUT2D eigenvalue weighted by Gasteiger charge is 3.06. The van der Waals surface area contributed by atoms with E-state index >= 15 is 0 Å². The molecule has 6 rings (SSSR count). The van der Waals surface area contributed by atoms with Crippen LogP contribution in [0, 0.1) is 11.7 Å². The van der Waals surface area contributed by atoms with Gasteiger partial charge in [0.15, 0.2) is 17.1 Å². The number of rotatable bonds is 12. The van der Waals surface area contributed by atoms with Crippen LogP contribution in [0.2, 0.25) is 0 Å². The molecular weight excluding hydrogens is 555 g/mol. The number of epoxide rings is 2. The second kappa shape index (κ2) is 10.5. The summed E-state index contributed by atoms with van der Waals surface area (Å²) in [5.41, 5.74) is -3.34. The molecule has 0 aromatic heterocycles. The summed E-state index contributed by atoms with van der Waals surface area (Å²) in [6.45, 7) is 4.09. The Bertz CT molecular complexity index is 1510. The van der Waals surface area contributed by atoms with E-state index in [1.807, 2.05) is 67.3 Å². The summed E-state index contributed by atoms with van der Waals surface area (Å²) >= 11 is 0. The van der Waals surface area contributed by atoms with Gasteiger partial charge in [0.1, 0.15) is 5.82 Å². The molecule has 226 valence electrons. The predicted octanol–water partition coefficient (Wildman–Crippen LogP) is 3.96. The number of fused-ring (bicyclic) bond motifs is 3. The number of carbonyl (C=O) groups excluding carboxylic acids is 1. The van der Waals surface area contributed by atoms with Gasteiger partial charge in [-0.05, 0) is 48.6 Å². The molecule has 0 bridgehead atoms. The van der Waals surface area contributed by atoms with Crippen LogP contribution < -0.4 is 5.32 Å². The fourth-order valence-electron chi connectivity index (χ4n) is 7.25. The van der Waals surface area contributed by atoms with Crippen LogP contribution in [0.15, 0.2) is 84.9 Å². The fourth-order valence-corrected chi connectivity index (χ4v) is 7.25. The number of benzene rings is 3. The lowest BCUT2D eigenvalue weighted by atomic mass is 9.76. The molecule has 6 atom stereocenters. The Morgan fingerprint density at radius 1 is 0.884 bits per heavy atom. The predicted molar refractivity (Wildman–Crippen MR) is 154 cm³/mol. The van der Waals surface area contributed by atoms with Crippen LogP contribution in [0.25, 0.3) is 0 Å². The van der Waals surface area contributed by atoms with Crippen molar-refractivity contribution >= 4 is 17.6 Å². The van der Waals surface area contributed by atoms with E-state index < -0.39 is 53.1 Å². The molecule has 0 spiro atoms. The number of aliphatic hydroxyl groups excluding tert-OH is 2. The zero-order chi connectivity index (χ0) is 30.6. The Hall–Kier alpha value is -3.67. The summed E-state index contributed by atoms with van der Waals surface area (Å²) in [5.74, 6) is -2.21. The van der Waals surface area contributed by atoms with Gasteiger partial charge in [0.25, 0.3) is 5.91 Å². The summed E-state index contributed by atoms with van der Waals surface area (Å²) < 4.78 is 27.7. The smallest absolute Gasteiger partial charge is 0.305 e. The molecule has 3 fully saturated rings. The van der Waals surface area contributed by atoms with Gasteiger partial charge in [-0.1, -0.05) is 74.5 Å². The summed E-state index contributed by atoms with van der Waals surface area (Å²) in [7, 11) is 0. The number of amides is 1. The highest BCUT2D eigenvalue weighted by atomic mass is 19.1. The normalized spacial score (nSPS) is 30.3. The van der Waals surface area contributed by atoms with E-state index in [0.29, 0.717) is 16.8 Å². The number of nitrogens with zero attached hydrogens (tertiary/aromatic N) is 1. The third-order valence-electron chi connectivity index (χ3n) is 8.97. The van der Waals surface area contributed by atoms with Crippen LogP contribution in [0.3, 0.4) is 0 Å². The van der Waals surface area contributed by atoms with Crippen LogP contribution in [-0.2, 0) is 30.4 Å². The zero-order valence-corrected chi connectivity index (χ0v) is 23.9. The third kappa shape index (κ3) is 4.16. The van der Waals surface area contributed by atoms with Crippen LogP contribution in [-0.4, -0.2) is 62.2 Å². The summed E-state index contributed by atoms with van der Waals surface area (Å²) in [6, 6.07) is 24.4. The zero-order valence-electron chi connectivity index (χ0n) is 23.9. The minimum Gasteiger partial charge on any atom is -0.481 e. The van der Waals surface area contributed by atoms with Crippen molar-refractivity contribution in [3.05, 3.63) is 102 Å². The van der Waals surface area contributed by atoms with E-state index in [4.69, 9.17) is 14.6 Å². The number of anilines is 1. The second-order valence-electron chi connectivity index (χ2n) is 11.8. The molecule has 9 nitrogen and oxygen atoms in total. The maximum Gasteiger partial charge on any atom is 0.305 e. The van der Waals surface area contributed by atoms with E-state index in [1.54, 1.807) is 24.3 Å². The second-order valence-corrected chi connectivity index (χ2v) is 11.8. The van der Waals surface area contributed by atoms with E-state index in [2.05, 4.69) is 5.32 Å². The average molecular weight is 591 g/mol. The number of likely N-dealkylation sites (tertiary alicyclic amines) is 1. The number of para-hydroxylation sites is 1. The number of hydrogen-bond acceptors (Lipinski definition) is 7. The average Bonchev–Trinajstić information content (AvgIpc) is 3.86. The Kier molecular flexibility index (Phi) is 7.18. The van der Waals surface area contributed by atoms with Crippen molar-refractivity contribution < 1.29 is 38.8 Å². The van der Waals surface area contributed by atoms with Crippen LogP contribution in [0.4, 0.5) is 10.1 Å². The van der Waals surface area contributed by atoms with Crippen molar-refractivity contribution in [3.8, 4) is 0 Å². The first-order valence-electron chi connectivity index (χ1n) is 14.5. The molecule has 3 aliphatic heterocycles. The van der Waals surface area contributed by atoms with Crippen molar-refractivity contribution in [2.24, 2.45) is 5.92 Å². The highest BCUT2D eigenvalue weighted by Crippen LogP contribution is 2.86. The Morgan fingerprint density at radius 2 is 1.51 bits per heavy atom. The van der Waals surface area contributed by atoms with Gasteiger partial charge in [-0.3, -0.25) is 9.59 Å². The largest absolute Gasteiger partial charge is 0.481 e. The van der Waals surface area contributed by atoms with Crippen LogP contribution in [0.1, 0.15) is 44.2 Å². The molecule has 10 heteroatoms. The first kappa shape index (κ1) is 29.4. The molecule has 3 heterocycles. The first-order chi connectivity index (χ1) is 20.5. The lowest BCUT2D eigenvalue weighted by Gasteiger charge is -2.36. The molecule has 0 radical (unpaired) electrons. The van der Waals surface area contributed by atoms with Crippen molar-refractivity contribution in [2.45, 2.75) is 68.0 Å². The molecular formula is C33H35FN2O7. The quantitative estimate of drug-likeness (QED) is 0.233. The number of carbonyl (C=O) groups is 2. The van der Waals surface area contributed by atoms with Gasteiger partial charge >= 0.3 is 5.97 Å². The molecule has 0 aliphatic carbocycles. The van der Waals surface area contributed by atoms with Gasteiger partial charge in [-0.25, -0.2) is 9.29 Å². The van der Waals surface area contributed by atoms with Gasteiger partial charge in [0, 0.05) is 17.8 Å².